The van der Waals surface area contributed by atoms with Crippen LogP contribution in [0.3, 0.4) is 0 Å². The van der Waals surface area contributed by atoms with Crippen molar-refractivity contribution in [3.8, 4) is 0 Å². The first-order chi connectivity index (χ1) is 8.16. The first-order valence-corrected chi connectivity index (χ1v) is 5.54. The number of rotatable bonds is 4. The van der Waals surface area contributed by atoms with Crippen molar-refractivity contribution in [2.45, 2.75) is 26.4 Å². The van der Waals surface area contributed by atoms with Gasteiger partial charge in [-0.25, -0.2) is 14.1 Å². The first kappa shape index (κ1) is 11.6. The lowest BCUT2D eigenvalue weighted by molar-refractivity contribution is 0.509. The maximum Gasteiger partial charge on any atom is 0.146 e. The lowest BCUT2D eigenvalue weighted by Gasteiger charge is -2.10. The molecule has 0 fully saturated rings. The lowest BCUT2D eigenvalue weighted by Crippen LogP contribution is -2.11. The topological polar surface area (TPSA) is 42.7 Å². The lowest BCUT2D eigenvalue weighted by atomic mass is 10.3. The molecule has 5 heteroatoms. The van der Waals surface area contributed by atoms with E-state index in [1.54, 1.807) is 18.5 Å². The van der Waals surface area contributed by atoms with Crippen LogP contribution in [0, 0.1) is 5.82 Å². The van der Waals surface area contributed by atoms with Crippen molar-refractivity contribution < 1.29 is 4.39 Å². The van der Waals surface area contributed by atoms with Gasteiger partial charge in [0.2, 0.25) is 0 Å². The molecule has 0 amide bonds. The predicted molar refractivity (Wildman–Crippen MR) is 64.1 cm³/mol. The van der Waals surface area contributed by atoms with Crippen LogP contribution in [-0.4, -0.2) is 14.8 Å². The number of aromatic nitrogens is 3. The van der Waals surface area contributed by atoms with Gasteiger partial charge in [-0.3, -0.25) is 0 Å². The third kappa shape index (κ3) is 2.81. The Balaban J connectivity index is 2.02. The molecule has 0 spiro atoms. The van der Waals surface area contributed by atoms with Crippen LogP contribution in [0.2, 0.25) is 0 Å². The largest absolute Gasteiger partial charge is 0.378 e. The zero-order valence-corrected chi connectivity index (χ0v) is 9.89. The van der Waals surface area contributed by atoms with Gasteiger partial charge in [-0.1, -0.05) is 0 Å². The molecule has 0 aliphatic heterocycles. The normalized spacial score (nSPS) is 10.8. The first-order valence-electron chi connectivity index (χ1n) is 5.54. The number of benzene rings is 1. The minimum atomic E-state index is -0.235. The summed E-state index contributed by atoms with van der Waals surface area (Å²) in [5, 5.41) is 7.33. The summed E-state index contributed by atoms with van der Waals surface area (Å²) in [6.45, 7) is 4.68. The van der Waals surface area contributed by atoms with Gasteiger partial charge in [0.05, 0.1) is 6.54 Å². The van der Waals surface area contributed by atoms with Crippen LogP contribution in [-0.2, 0) is 6.54 Å². The quantitative estimate of drug-likeness (QED) is 0.884. The van der Waals surface area contributed by atoms with E-state index in [2.05, 4.69) is 29.2 Å². The van der Waals surface area contributed by atoms with E-state index < -0.39 is 0 Å². The standard InChI is InChI=1S/C12H15FN4/c1-9(2)17-12(15-8-16-17)7-14-11-5-3-10(13)4-6-11/h3-6,8-9,14H,7H2,1-2H3. The fourth-order valence-electron chi connectivity index (χ4n) is 1.58. The second kappa shape index (κ2) is 4.95. The second-order valence-electron chi connectivity index (χ2n) is 4.08. The average molecular weight is 234 g/mol. The van der Waals surface area contributed by atoms with Gasteiger partial charge in [-0.15, -0.1) is 0 Å². The van der Waals surface area contributed by atoms with Gasteiger partial charge in [-0.2, -0.15) is 5.10 Å². The second-order valence-corrected chi connectivity index (χ2v) is 4.08. The highest BCUT2D eigenvalue weighted by Gasteiger charge is 2.06. The Morgan fingerprint density at radius 2 is 2.00 bits per heavy atom. The molecule has 0 aliphatic rings. The van der Waals surface area contributed by atoms with Crippen molar-refractivity contribution in [2.75, 3.05) is 5.32 Å². The molecule has 0 radical (unpaired) electrons. The van der Waals surface area contributed by atoms with E-state index in [0.29, 0.717) is 6.54 Å². The van der Waals surface area contributed by atoms with E-state index in [1.807, 2.05) is 4.68 Å². The summed E-state index contributed by atoms with van der Waals surface area (Å²) in [6.07, 6.45) is 1.54. The highest BCUT2D eigenvalue weighted by Crippen LogP contribution is 2.11. The Morgan fingerprint density at radius 3 is 2.65 bits per heavy atom. The van der Waals surface area contributed by atoms with Gasteiger partial charge in [-0.05, 0) is 38.1 Å². The van der Waals surface area contributed by atoms with Crippen molar-refractivity contribution in [2.24, 2.45) is 0 Å². The molecule has 1 heterocycles. The zero-order valence-electron chi connectivity index (χ0n) is 9.89. The number of halogens is 1. The van der Waals surface area contributed by atoms with Crippen LogP contribution < -0.4 is 5.32 Å². The number of hydrogen-bond donors (Lipinski definition) is 1. The highest BCUT2D eigenvalue weighted by molar-refractivity contribution is 5.42. The summed E-state index contributed by atoms with van der Waals surface area (Å²) in [7, 11) is 0. The van der Waals surface area contributed by atoms with Crippen molar-refractivity contribution >= 4 is 5.69 Å². The molecule has 0 saturated heterocycles. The van der Waals surface area contributed by atoms with Crippen molar-refractivity contribution in [3.05, 3.63) is 42.2 Å². The Hall–Kier alpha value is -1.91. The number of nitrogens with one attached hydrogen (secondary N) is 1. The van der Waals surface area contributed by atoms with E-state index in [0.717, 1.165) is 11.5 Å². The molecule has 1 aromatic carbocycles. The van der Waals surface area contributed by atoms with Gasteiger partial charge in [0, 0.05) is 11.7 Å². The van der Waals surface area contributed by atoms with Crippen LogP contribution in [0.5, 0.6) is 0 Å². The number of anilines is 1. The summed E-state index contributed by atoms with van der Waals surface area (Å²) in [4.78, 5) is 4.19. The summed E-state index contributed by atoms with van der Waals surface area (Å²) >= 11 is 0. The van der Waals surface area contributed by atoms with Crippen LogP contribution in [0.1, 0.15) is 25.7 Å². The van der Waals surface area contributed by atoms with Crippen molar-refractivity contribution in [3.63, 3.8) is 0 Å². The fraction of sp³-hybridized carbons (Fsp3) is 0.333. The molecule has 2 rings (SSSR count). The molecule has 0 bridgehead atoms. The van der Waals surface area contributed by atoms with Crippen molar-refractivity contribution in [1.82, 2.24) is 14.8 Å². The van der Waals surface area contributed by atoms with E-state index in [1.165, 1.54) is 12.1 Å². The van der Waals surface area contributed by atoms with Crippen LogP contribution in [0.25, 0.3) is 0 Å². The van der Waals surface area contributed by atoms with E-state index in [4.69, 9.17) is 0 Å². The molecular weight excluding hydrogens is 219 g/mol. The monoisotopic (exact) mass is 234 g/mol. The van der Waals surface area contributed by atoms with Gasteiger partial charge in [0.1, 0.15) is 18.0 Å². The number of hydrogen-bond acceptors (Lipinski definition) is 3. The Labute approximate surface area is 99.5 Å². The molecule has 17 heavy (non-hydrogen) atoms. The van der Waals surface area contributed by atoms with Gasteiger partial charge < -0.3 is 5.32 Å². The molecule has 90 valence electrons. The fourth-order valence-corrected chi connectivity index (χ4v) is 1.58. The Bertz CT molecular complexity index is 476. The third-order valence-electron chi connectivity index (χ3n) is 2.43. The summed E-state index contributed by atoms with van der Waals surface area (Å²) in [5.41, 5.74) is 0.865. The molecule has 1 aromatic heterocycles. The van der Waals surface area contributed by atoms with Gasteiger partial charge >= 0.3 is 0 Å². The van der Waals surface area contributed by atoms with Crippen molar-refractivity contribution in [1.29, 1.82) is 0 Å². The summed E-state index contributed by atoms with van der Waals surface area (Å²) in [6, 6.07) is 6.53. The molecule has 2 aromatic rings. The predicted octanol–water partition coefficient (Wildman–Crippen LogP) is 2.61. The van der Waals surface area contributed by atoms with Gasteiger partial charge in [0.15, 0.2) is 0 Å². The molecular formula is C12H15FN4. The smallest absolute Gasteiger partial charge is 0.146 e. The molecule has 1 N–H and O–H groups in total. The van der Waals surface area contributed by atoms with E-state index >= 15 is 0 Å². The number of nitrogens with zero attached hydrogens (tertiary/aromatic N) is 3. The van der Waals surface area contributed by atoms with Gasteiger partial charge in [0.25, 0.3) is 0 Å². The van der Waals surface area contributed by atoms with E-state index in [-0.39, 0.29) is 11.9 Å². The Morgan fingerprint density at radius 1 is 1.29 bits per heavy atom. The zero-order chi connectivity index (χ0) is 12.3. The SMILES string of the molecule is CC(C)n1ncnc1CNc1ccc(F)cc1. The molecule has 0 saturated carbocycles. The molecule has 4 nitrogen and oxygen atoms in total. The third-order valence-corrected chi connectivity index (χ3v) is 2.43. The minimum Gasteiger partial charge on any atom is -0.378 e. The highest BCUT2D eigenvalue weighted by atomic mass is 19.1. The summed E-state index contributed by atoms with van der Waals surface area (Å²) in [5.74, 6) is 0.630. The van der Waals surface area contributed by atoms with Crippen LogP contribution in [0.15, 0.2) is 30.6 Å². The molecule has 0 atom stereocenters. The molecule has 0 aliphatic carbocycles. The summed E-state index contributed by atoms with van der Waals surface area (Å²) < 4.78 is 14.6. The maximum atomic E-state index is 12.7. The maximum absolute atomic E-state index is 12.7. The van der Waals surface area contributed by atoms with Crippen LogP contribution in [0.4, 0.5) is 10.1 Å². The van der Waals surface area contributed by atoms with Crippen LogP contribution >= 0.6 is 0 Å². The molecule has 0 unspecified atom stereocenters. The Kier molecular flexibility index (Phi) is 3.37. The minimum absolute atomic E-state index is 0.235. The van der Waals surface area contributed by atoms with E-state index in [9.17, 15) is 4.39 Å². The average Bonchev–Trinajstić information content (AvgIpc) is 2.76.